The molecule has 0 saturated carbocycles. The lowest BCUT2D eigenvalue weighted by molar-refractivity contribution is -0.385. The van der Waals surface area contributed by atoms with Crippen LogP contribution in [0.5, 0.6) is 0 Å². The molecule has 1 N–H and O–H groups in total. The first-order valence-corrected chi connectivity index (χ1v) is 5.31. The van der Waals surface area contributed by atoms with Crippen LogP contribution in [0.15, 0.2) is 15.0 Å². The summed E-state index contributed by atoms with van der Waals surface area (Å²) >= 11 is 6.16. The van der Waals surface area contributed by atoms with Gasteiger partial charge in [0.05, 0.1) is 4.92 Å². The largest absolute Gasteiger partial charge is 0.477 e. The summed E-state index contributed by atoms with van der Waals surface area (Å²) in [5.41, 5.74) is -0.162. The normalized spacial score (nSPS) is 10.1. The Morgan fingerprint density at radius 1 is 1.53 bits per heavy atom. The fourth-order valence-corrected chi connectivity index (χ4v) is 2.32. The lowest BCUT2D eigenvalue weighted by atomic mass is 10.1. The quantitative estimate of drug-likeness (QED) is 0.663. The van der Waals surface area contributed by atoms with Crippen LogP contribution in [0.3, 0.4) is 0 Å². The predicted molar refractivity (Wildman–Crippen MR) is 60.2 cm³/mol. The van der Waals surface area contributed by atoms with Crippen LogP contribution in [0.2, 0.25) is 0 Å². The van der Waals surface area contributed by atoms with Crippen LogP contribution in [0.4, 0.5) is 5.69 Å². The minimum Gasteiger partial charge on any atom is -0.477 e. The van der Waals surface area contributed by atoms with Gasteiger partial charge in [-0.1, -0.05) is 15.9 Å². The van der Waals surface area contributed by atoms with Gasteiger partial charge in [-0.2, -0.15) is 0 Å². The van der Waals surface area contributed by atoms with E-state index in [4.69, 9.17) is 5.11 Å². The van der Waals surface area contributed by atoms with E-state index in [2.05, 4.69) is 31.9 Å². The number of hydrogen-bond donors (Lipinski definition) is 1. The summed E-state index contributed by atoms with van der Waals surface area (Å²) in [7, 11) is 0. The summed E-state index contributed by atoms with van der Waals surface area (Å²) in [5, 5.41) is 19.5. The molecular weight excluding hydrogens is 334 g/mol. The molecule has 0 heterocycles. The fraction of sp³-hybridized carbons (Fsp3) is 0.125. The van der Waals surface area contributed by atoms with E-state index in [0.29, 0.717) is 10.0 Å². The van der Waals surface area contributed by atoms with Crippen molar-refractivity contribution in [3.8, 4) is 0 Å². The summed E-state index contributed by atoms with van der Waals surface area (Å²) in [6.45, 7) is 1.66. The van der Waals surface area contributed by atoms with Gasteiger partial charge in [0.1, 0.15) is 0 Å². The predicted octanol–water partition coefficient (Wildman–Crippen LogP) is 3.13. The van der Waals surface area contributed by atoms with Gasteiger partial charge in [-0.3, -0.25) is 10.1 Å². The average Bonchev–Trinajstić information content (AvgIpc) is 2.12. The van der Waals surface area contributed by atoms with Crippen LogP contribution in [0.1, 0.15) is 15.9 Å². The Hall–Kier alpha value is -0.950. The molecule has 0 saturated heterocycles. The number of nitro benzene ring substituents is 1. The van der Waals surface area contributed by atoms with Crippen LogP contribution in [0, 0.1) is 17.0 Å². The number of carboxylic acids is 1. The smallest absolute Gasteiger partial charge is 0.343 e. The lowest BCUT2D eigenvalue weighted by Gasteiger charge is -2.06. The van der Waals surface area contributed by atoms with Gasteiger partial charge >= 0.3 is 5.97 Å². The second-order valence-electron chi connectivity index (χ2n) is 2.75. The Labute approximate surface area is 102 Å². The maximum Gasteiger partial charge on any atom is 0.343 e. The monoisotopic (exact) mass is 337 g/mol. The molecule has 0 aliphatic heterocycles. The highest BCUT2D eigenvalue weighted by molar-refractivity contribution is 9.11. The SMILES string of the molecule is Cc1c(Br)cc([N+](=O)[O-])c(C(=O)O)c1Br. The van der Waals surface area contributed by atoms with Gasteiger partial charge in [-0.25, -0.2) is 4.79 Å². The van der Waals surface area contributed by atoms with Crippen LogP contribution in [-0.4, -0.2) is 16.0 Å². The number of hydrogen-bond acceptors (Lipinski definition) is 3. The van der Waals surface area contributed by atoms with Gasteiger partial charge in [0, 0.05) is 15.0 Å². The molecular formula is C8H5Br2NO4. The van der Waals surface area contributed by atoms with Crippen molar-refractivity contribution in [1.82, 2.24) is 0 Å². The highest BCUT2D eigenvalue weighted by atomic mass is 79.9. The Morgan fingerprint density at radius 2 is 2.07 bits per heavy atom. The van der Waals surface area contributed by atoms with Crippen molar-refractivity contribution in [1.29, 1.82) is 0 Å². The molecule has 0 spiro atoms. The van der Waals surface area contributed by atoms with E-state index in [9.17, 15) is 14.9 Å². The third-order valence-electron chi connectivity index (χ3n) is 1.84. The Morgan fingerprint density at radius 3 is 2.47 bits per heavy atom. The minimum absolute atomic E-state index is 0.219. The standard InChI is InChI=1S/C8H5Br2NO4/c1-3-4(9)2-5(11(14)15)6(7(3)10)8(12)13/h2H,1H3,(H,12,13). The molecule has 80 valence electrons. The molecule has 0 atom stereocenters. The number of nitro groups is 1. The average molecular weight is 339 g/mol. The van der Waals surface area contributed by atoms with Crippen molar-refractivity contribution in [3.05, 3.63) is 36.3 Å². The van der Waals surface area contributed by atoms with Gasteiger partial charge in [0.2, 0.25) is 0 Å². The molecule has 0 unspecified atom stereocenters. The van der Waals surface area contributed by atoms with E-state index >= 15 is 0 Å². The van der Waals surface area contributed by atoms with E-state index < -0.39 is 16.6 Å². The first kappa shape index (κ1) is 12.1. The van der Waals surface area contributed by atoms with Crippen LogP contribution in [-0.2, 0) is 0 Å². The molecule has 0 bridgehead atoms. The Balaban J connectivity index is 3.65. The Bertz CT molecular complexity index is 458. The van der Waals surface area contributed by atoms with E-state index in [1.54, 1.807) is 6.92 Å². The summed E-state index contributed by atoms with van der Waals surface area (Å²) in [5.74, 6) is -1.33. The zero-order valence-electron chi connectivity index (χ0n) is 7.45. The number of benzene rings is 1. The number of carbonyl (C=O) groups is 1. The van der Waals surface area contributed by atoms with E-state index in [1.165, 1.54) is 6.07 Å². The van der Waals surface area contributed by atoms with Gasteiger partial charge in [-0.05, 0) is 28.4 Å². The summed E-state index contributed by atoms with van der Waals surface area (Å²) in [6, 6.07) is 1.18. The molecule has 0 aromatic heterocycles. The minimum atomic E-state index is -1.33. The van der Waals surface area contributed by atoms with Gasteiger partial charge in [0.25, 0.3) is 5.69 Å². The number of halogens is 2. The highest BCUT2D eigenvalue weighted by Crippen LogP contribution is 2.35. The number of aromatic carboxylic acids is 1. The first-order chi connectivity index (χ1) is 6.86. The fourth-order valence-electron chi connectivity index (χ4n) is 1.05. The molecule has 0 amide bonds. The van der Waals surface area contributed by atoms with Gasteiger partial charge < -0.3 is 5.11 Å². The van der Waals surface area contributed by atoms with Crippen molar-refractivity contribution in [2.75, 3.05) is 0 Å². The number of nitrogens with zero attached hydrogens (tertiary/aromatic N) is 1. The molecule has 7 heteroatoms. The van der Waals surface area contributed by atoms with Crippen molar-refractivity contribution in [3.63, 3.8) is 0 Å². The van der Waals surface area contributed by atoms with Gasteiger partial charge in [-0.15, -0.1) is 0 Å². The van der Waals surface area contributed by atoms with Crippen molar-refractivity contribution in [2.24, 2.45) is 0 Å². The molecule has 0 aliphatic carbocycles. The van der Waals surface area contributed by atoms with Crippen molar-refractivity contribution in [2.45, 2.75) is 6.92 Å². The molecule has 1 aromatic rings. The zero-order chi connectivity index (χ0) is 11.7. The molecule has 0 fully saturated rings. The van der Waals surface area contributed by atoms with E-state index in [1.807, 2.05) is 0 Å². The molecule has 1 rings (SSSR count). The van der Waals surface area contributed by atoms with Crippen LogP contribution in [0.25, 0.3) is 0 Å². The molecule has 1 aromatic carbocycles. The second-order valence-corrected chi connectivity index (χ2v) is 4.40. The molecule has 15 heavy (non-hydrogen) atoms. The first-order valence-electron chi connectivity index (χ1n) is 3.72. The molecule has 0 aliphatic rings. The summed E-state index contributed by atoms with van der Waals surface area (Å²) in [6.07, 6.45) is 0. The number of carboxylic acid groups (broad SMARTS) is 1. The van der Waals surface area contributed by atoms with Crippen LogP contribution < -0.4 is 0 Å². The summed E-state index contributed by atoms with van der Waals surface area (Å²) in [4.78, 5) is 20.8. The van der Waals surface area contributed by atoms with E-state index in [0.717, 1.165) is 0 Å². The maximum atomic E-state index is 10.9. The Kier molecular flexibility index (Phi) is 3.46. The molecule has 5 nitrogen and oxygen atoms in total. The third kappa shape index (κ3) is 2.18. The van der Waals surface area contributed by atoms with Crippen molar-refractivity contribution < 1.29 is 14.8 Å². The zero-order valence-corrected chi connectivity index (χ0v) is 10.6. The topological polar surface area (TPSA) is 80.4 Å². The van der Waals surface area contributed by atoms with Crippen LogP contribution >= 0.6 is 31.9 Å². The highest BCUT2D eigenvalue weighted by Gasteiger charge is 2.25. The third-order valence-corrected chi connectivity index (χ3v) is 3.65. The second kappa shape index (κ2) is 4.28. The van der Waals surface area contributed by atoms with E-state index in [-0.39, 0.29) is 10.0 Å². The maximum absolute atomic E-state index is 10.9. The number of rotatable bonds is 2. The lowest BCUT2D eigenvalue weighted by Crippen LogP contribution is -2.05. The van der Waals surface area contributed by atoms with Gasteiger partial charge in [0.15, 0.2) is 5.56 Å². The summed E-state index contributed by atoms with van der Waals surface area (Å²) < 4.78 is 0.710. The molecule has 0 radical (unpaired) electrons. The van der Waals surface area contributed by atoms with Crippen molar-refractivity contribution >= 4 is 43.5 Å².